The predicted molar refractivity (Wildman–Crippen MR) is 58.6 cm³/mol. The Morgan fingerprint density at radius 3 is 2.72 bits per heavy atom. The third-order valence-corrected chi connectivity index (χ3v) is 2.27. The van der Waals surface area contributed by atoms with E-state index in [2.05, 4.69) is 10.1 Å². The fourth-order valence-corrected chi connectivity index (χ4v) is 1.47. The van der Waals surface area contributed by atoms with Gasteiger partial charge in [-0.25, -0.2) is 0 Å². The summed E-state index contributed by atoms with van der Waals surface area (Å²) in [7, 11) is 0. The molecular weight excluding hydrogens is 247 g/mol. The van der Waals surface area contributed by atoms with Gasteiger partial charge in [0.2, 0.25) is 0 Å². The molecule has 2 aromatic rings. The van der Waals surface area contributed by atoms with E-state index in [0.29, 0.717) is 11.3 Å². The van der Waals surface area contributed by atoms with Crippen LogP contribution in [0.15, 0.2) is 22.7 Å². The molecule has 0 unspecified atom stereocenters. The zero-order valence-electron chi connectivity index (χ0n) is 9.45. The Balaban J connectivity index is 2.32. The normalized spacial score (nSPS) is 11.8. The minimum atomic E-state index is -4.36. The minimum Gasteiger partial charge on any atom is -0.398 e. The van der Waals surface area contributed by atoms with Crippen LogP contribution in [0.1, 0.15) is 11.4 Å². The van der Waals surface area contributed by atoms with E-state index in [0.717, 1.165) is 5.56 Å². The minimum absolute atomic E-state index is 0.00421. The van der Waals surface area contributed by atoms with E-state index < -0.39 is 18.4 Å². The molecule has 18 heavy (non-hydrogen) atoms. The van der Waals surface area contributed by atoms with Crippen LogP contribution in [-0.4, -0.2) is 16.3 Å². The van der Waals surface area contributed by atoms with E-state index >= 15 is 0 Å². The van der Waals surface area contributed by atoms with Gasteiger partial charge in [-0.1, -0.05) is 16.8 Å². The zero-order valence-corrected chi connectivity index (χ0v) is 9.45. The van der Waals surface area contributed by atoms with Crippen molar-refractivity contribution in [2.45, 2.75) is 19.5 Å². The lowest BCUT2D eigenvalue weighted by atomic mass is 10.1. The lowest BCUT2D eigenvalue weighted by molar-refractivity contribution is -0.128. The van der Waals surface area contributed by atoms with E-state index in [4.69, 9.17) is 10.3 Å². The van der Waals surface area contributed by atoms with Crippen molar-refractivity contribution < 1.29 is 17.7 Å². The summed E-state index contributed by atoms with van der Waals surface area (Å²) in [5, 5.41) is 3.29. The van der Waals surface area contributed by atoms with Gasteiger partial charge in [0.25, 0.3) is 5.89 Å². The molecule has 1 aromatic carbocycles. The van der Waals surface area contributed by atoms with Gasteiger partial charge in [-0.15, -0.1) is 0 Å². The fraction of sp³-hybridized carbons (Fsp3) is 0.273. The molecule has 0 amide bonds. The number of nitrogen functional groups attached to an aromatic ring is 1. The van der Waals surface area contributed by atoms with Gasteiger partial charge in [-0.05, 0) is 19.1 Å². The summed E-state index contributed by atoms with van der Waals surface area (Å²) < 4.78 is 41.2. The lowest BCUT2D eigenvalue weighted by Gasteiger charge is -2.01. The Kier molecular flexibility index (Phi) is 2.98. The van der Waals surface area contributed by atoms with E-state index in [1.807, 2.05) is 6.92 Å². The molecule has 1 heterocycles. The van der Waals surface area contributed by atoms with Crippen molar-refractivity contribution in [1.82, 2.24) is 10.1 Å². The number of hydrogen-bond acceptors (Lipinski definition) is 4. The molecule has 0 aliphatic heterocycles. The number of rotatable bonds is 2. The van der Waals surface area contributed by atoms with Crippen LogP contribution in [-0.2, 0) is 6.42 Å². The monoisotopic (exact) mass is 257 g/mol. The van der Waals surface area contributed by atoms with Crippen LogP contribution in [0, 0.1) is 6.92 Å². The third-order valence-electron chi connectivity index (χ3n) is 2.27. The maximum Gasteiger partial charge on any atom is 0.396 e. The standard InChI is InChI=1S/C11H10F3N3O/c1-6-2-3-8(15)7(4-6)10-16-9(17-18-10)5-11(12,13)14/h2-4H,5,15H2,1H3. The number of nitrogens with two attached hydrogens (primary N) is 1. The van der Waals surface area contributed by atoms with E-state index in [1.54, 1.807) is 18.2 Å². The molecule has 2 rings (SSSR count). The van der Waals surface area contributed by atoms with Crippen molar-refractivity contribution in [1.29, 1.82) is 0 Å². The van der Waals surface area contributed by atoms with Crippen LogP contribution in [0.4, 0.5) is 18.9 Å². The molecule has 0 aliphatic rings. The van der Waals surface area contributed by atoms with Crippen molar-refractivity contribution in [2.24, 2.45) is 0 Å². The highest BCUT2D eigenvalue weighted by molar-refractivity contribution is 5.70. The van der Waals surface area contributed by atoms with Crippen LogP contribution in [0.2, 0.25) is 0 Å². The third kappa shape index (κ3) is 2.79. The highest BCUT2D eigenvalue weighted by Gasteiger charge is 2.30. The summed E-state index contributed by atoms with van der Waals surface area (Å²) in [6, 6.07) is 5.10. The largest absolute Gasteiger partial charge is 0.398 e. The molecule has 1 aromatic heterocycles. The summed E-state index contributed by atoms with van der Waals surface area (Å²) in [5.41, 5.74) is 7.42. The Labute approximate surface area is 101 Å². The van der Waals surface area contributed by atoms with Crippen LogP contribution in [0.25, 0.3) is 11.5 Å². The molecule has 0 spiro atoms. The number of benzene rings is 1. The number of aromatic nitrogens is 2. The highest BCUT2D eigenvalue weighted by Crippen LogP contribution is 2.27. The first kappa shape index (κ1) is 12.4. The van der Waals surface area contributed by atoms with Crippen molar-refractivity contribution in [3.05, 3.63) is 29.6 Å². The molecule has 96 valence electrons. The van der Waals surface area contributed by atoms with Gasteiger partial charge in [0.15, 0.2) is 5.82 Å². The maximum atomic E-state index is 12.2. The fourth-order valence-electron chi connectivity index (χ4n) is 1.47. The second-order valence-corrected chi connectivity index (χ2v) is 3.90. The molecule has 0 aliphatic carbocycles. The first-order valence-corrected chi connectivity index (χ1v) is 5.11. The van der Waals surface area contributed by atoms with Crippen LogP contribution in [0.5, 0.6) is 0 Å². The van der Waals surface area contributed by atoms with Gasteiger partial charge in [-0.2, -0.15) is 18.2 Å². The van der Waals surface area contributed by atoms with Crippen molar-refractivity contribution in [3.8, 4) is 11.5 Å². The van der Waals surface area contributed by atoms with Crippen LogP contribution >= 0.6 is 0 Å². The van der Waals surface area contributed by atoms with Gasteiger partial charge >= 0.3 is 6.18 Å². The Bertz CT molecular complexity index is 563. The van der Waals surface area contributed by atoms with Gasteiger partial charge in [0.05, 0.1) is 5.56 Å². The van der Waals surface area contributed by atoms with Crippen LogP contribution in [0.3, 0.4) is 0 Å². The summed E-state index contributed by atoms with van der Waals surface area (Å²) in [6.07, 6.45) is -5.58. The summed E-state index contributed by atoms with van der Waals surface area (Å²) in [6.45, 7) is 1.83. The van der Waals surface area contributed by atoms with E-state index in [1.165, 1.54) is 0 Å². The SMILES string of the molecule is Cc1ccc(N)c(-c2nc(CC(F)(F)F)no2)c1. The second-order valence-electron chi connectivity index (χ2n) is 3.90. The molecule has 0 fully saturated rings. The summed E-state index contributed by atoms with van der Waals surface area (Å²) in [5.74, 6) is -0.408. The quantitative estimate of drug-likeness (QED) is 0.840. The topological polar surface area (TPSA) is 64.9 Å². The van der Waals surface area contributed by atoms with E-state index in [-0.39, 0.29) is 5.89 Å². The lowest BCUT2D eigenvalue weighted by Crippen LogP contribution is -2.12. The van der Waals surface area contributed by atoms with Gasteiger partial charge in [0, 0.05) is 5.69 Å². The molecule has 0 radical (unpaired) electrons. The first-order valence-electron chi connectivity index (χ1n) is 5.11. The molecule has 0 atom stereocenters. The Morgan fingerprint density at radius 2 is 2.06 bits per heavy atom. The smallest absolute Gasteiger partial charge is 0.396 e. The highest BCUT2D eigenvalue weighted by atomic mass is 19.4. The summed E-state index contributed by atoms with van der Waals surface area (Å²) >= 11 is 0. The average molecular weight is 257 g/mol. The Morgan fingerprint density at radius 1 is 1.33 bits per heavy atom. The molecule has 7 heteroatoms. The molecule has 0 saturated heterocycles. The van der Waals surface area contributed by atoms with Gasteiger partial charge in [0.1, 0.15) is 6.42 Å². The molecular formula is C11H10F3N3O. The van der Waals surface area contributed by atoms with Gasteiger partial charge < -0.3 is 10.3 Å². The van der Waals surface area contributed by atoms with Gasteiger partial charge in [-0.3, -0.25) is 0 Å². The van der Waals surface area contributed by atoms with Crippen molar-refractivity contribution in [2.75, 3.05) is 5.73 Å². The molecule has 4 nitrogen and oxygen atoms in total. The van der Waals surface area contributed by atoms with Crippen molar-refractivity contribution >= 4 is 5.69 Å². The predicted octanol–water partition coefficient (Wildman–Crippen LogP) is 2.73. The number of halogens is 3. The average Bonchev–Trinajstić information content (AvgIpc) is 2.67. The van der Waals surface area contributed by atoms with Crippen molar-refractivity contribution in [3.63, 3.8) is 0 Å². The maximum absolute atomic E-state index is 12.2. The number of nitrogens with zero attached hydrogens (tertiary/aromatic N) is 2. The number of alkyl halides is 3. The second kappa shape index (κ2) is 4.32. The molecule has 0 bridgehead atoms. The number of hydrogen-bond donors (Lipinski definition) is 1. The number of anilines is 1. The van der Waals surface area contributed by atoms with Crippen LogP contribution < -0.4 is 5.73 Å². The first-order chi connectivity index (χ1) is 8.35. The zero-order chi connectivity index (χ0) is 13.3. The summed E-state index contributed by atoms with van der Waals surface area (Å²) in [4.78, 5) is 3.69. The van der Waals surface area contributed by atoms with E-state index in [9.17, 15) is 13.2 Å². The Hall–Kier alpha value is -2.05. The molecule has 0 saturated carbocycles. The molecule has 2 N–H and O–H groups in total. The number of aryl methyl sites for hydroxylation is 1.